The number of amides is 1. The number of carbonyl (C=O) groups excluding carboxylic acids is 1. The van der Waals surface area contributed by atoms with Gasteiger partial charge in [-0.1, -0.05) is 5.10 Å². The predicted molar refractivity (Wildman–Crippen MR) is 142 cm³/mol. The van der Waals surface area contributed by atoms with E-state index in [0.29, 0.717) is 12.1 Å². The number of fused-ring (bicyclic) bond motifs is 1. The van der Waals surface area contributed by atoms with Crippen LogP contribution < -0.4 is 15.5 Å². The van der Waals surface area contributed by atoms with Gasteiger partial charge in [0.2, 0.25) is 0 Å². The molecule has 1 aliphatic heterocycles. The first-order chi connectivity index (χ1) is 20.8. The molecule has 0 saturated heterocycles. The van der Waals surface area contributed by atoms with Crippen molar-refractivity contribution < 1.29 is 49.0 Å². The Balaban J connectivity index is 1.93. The van der Waals surface area contributed by atoms with Gasteiger partial charge in [0.05, 0.1) is 41.1 Å². The van der Waals surface area contributed by atoms with Crippen molar-refractivity contribution in [2.24, 2.45) is 5.73 Å². The molecule has 2 N–H and O–H groups in total. The molecule has 246 valence electrons. The van der Waals surface area contributed by atoms with Crippen LogP contribution in [-0.4, -0.2) is 45.0 Å². The van der Waals surface area contributed by atoms with Crippen molar-refractivity contribution in [3.63, 3.8) is 0 Å². The number of hydrogen-bond acceptors (Lipinski definition) is 7. The van der Waals surface area contributed by atoms with E-state index in [0.717, 1.165) is 32.8 Å². The van der Waals surface area contributed by atoms with Crippen LogP contribution in [0, 0.1) is 0 Å². The van der Waals surface area contributed by atoms with Gasteiger partial charge in [-0.05, 0) is 79.9 Å². The lowest BCUT2D eigenvalue weighted by atomic mass is 9.89. The maximum Gasteiger partial charge on any atom is 0.416 e. The number of rotatable bonds is 7. The molecule has 1 unspecified atom stereocenters. The molecule has 18 heteroatoms. The Morgan fingerprint density at radius 3 is 2.11 bits per heavy atom. The molecule has 3 aromatic rings. The van der Waals surface area contributed by atoms with Crippen LogP contribution in [0.3, 0.4) is 0 Å². The summed E-state index contributed by atoms with van der Waals surface area (Å²) >= 11 is 0. The first-order valence-electron chi connectivity index (χ1n) is 13.5. The zero-order valence-corrected chi connectivity index (χ0v) is 24.0. The number of tetrazole rings is 1. The first kappa shape index (κ1) is 33.8. The second-order valence-electron chi connectivity index (χ2n) is 10.7. The second-order valence-corrected chi connectivity index (χ2v) is 10.7. The summed E-state index contributed by atoms with van der Waals surface area (Å²) in [6, 6.07) is 1.63. The largest absolute Gasteiger partial charge is 0.446 e. The highest BCUT2D eigenvalue weighted by atomic mass is 19.4. The molecule has 2 aromatic carbocycles. The Hall–Kier alpha value is -4.09. The van der Waals surface area contributed by atoms with Crippen molar-refractivity contribution in [2.45, 2.75) is 77.0 Å². The Kier molecular flexibility index (Phi) is 9.28. The molecule has 0 aliphatic carbocycles. The van der Waals surface area contributed by atoms with Crippen molar-refractivity contribution in [1.29, 1.82) is 0 Å². The zero-order valence-electron chi connectivity index (χ0n) is 24.0. The van der Waals surface area contributed by atoms with Crippen LogP contribution in [0.4, 0.5) is 55.9 Å². The van der Waals surface area contributed by atoms with E-state index in [-0.39, 0.29) is 42.8 Å². The van der Waals surface area contributed by atoms with Gasteiger partial charge >= 0.3 is 24.6 Å². The average molecular weight is 654 g/mol. The van der Waals surface area contributed by atoms with Crippen molar-refractivity contribution >= 4 is 17.7 Å². The molecule has 1 amide bonds. The summed E-state index contributed by atoms with van der Waals surface area (Å²) in [6.45, 7) is 4.09. The lowest BCUT2D eigenvalue weighted by Crippen LogP contribution is -2.47. The monoisotopic (exact) mass is 653 g/mol. The van der Waals surface area contributed by atoms with E-state index in [9.17, 15) is 44.3 Å². The minimum atomic E-state index is -5.14. The van der Waals surface area contributed by atoms with Crippen molar-refractivity contribution in [3.05, 3.63) is 64.2 Å². The summed E-state index contributed by atoms with van der Waals surface area (Å²) in [7, 11) is 0. The van der Waals surface area contributed by atoms with E-state index in [2.05, 4.69) is 15.4 Å². The van der Waals surface area contributed by atoms with Crippen LogP contribution in [0.1, 0.15) is 61.1 Å². The summed E-state index contributed by atoms with van der Waals surface area (Å²) in [5.41, 5.74) is 0.688. The van der Waals surface area contributed by atoms with Gasteiger partial charge in [-0.3, -0.25) is 4.90 Å². The van der Waals surface area contributed by atoms with E-state index in [1.54, 1.807) is 20.8 Å². The standard InChI is InChI=1S/C27H28F9N7O2/c1-14(2)45-24(44)43-15(3)8-22(20-12-17(25(28,29)30)4-5-21(20)43)41(23-38-40-42(39-23)7-6-37)13-16-9-18(26(31,32)33)11-19(10-16)27(34,35)36/h4-5,9-12,14-15,22H,6-8,13,37H2,1-3H3/t15?,22-/m0/s1. The number of aromatic nitrogens is 4. The fourth-order valence-electron chi connectivity index (χ4n) is 5.03. The number of carbonyl (C=O) groups is 1. The molecule has 0 saturated carbocycles. The highest BCUT2D eigenvalue weighted by molar-refractivity contribution is 5.90. The topological polar surface area (TPSA) is 102 Å². The van der Waals surface area contributed by atoms with E-state index in [1.165, 1.54) is 0 Å². The molecule has 0 bridgehead atoms. The van der Waals surface area contributed by atoms with Crippen LogP contribution in [0.25, 0.3) is 0 Å². The lowest BCUT2D eigenvalue weighted by molar-refractivity contribution is -0.143. The third kappa shape index (κ3) is 7.59. The second kappa shape index (κ2) is 12.4. The quantitative estimate of drug-likeness (QED) is 0.288. The van der Waals surface area contributed by atoms with Crippen molar-refractivity contribution in [3.8, 4) is 0 Å². The van der Waals surface area contributed by atoms with Gasteiger partial charge in [-0.15, -0.1) is 5.10 Å². The smallest absolute Gasteiger partial charge is 0.416 e. The molecule has 2 atom stereocenters. The maximum atomic E-state index is 13.9. The molecule has 0 radical (unpaired) electrons. The number of benzene rings is 2. The molecular formula is C27H28F9N7O2. The van der Waals surface area contributed by atoms with Crippen LogP contribution in [0.15, 0.2) is 36.4 Å². The van der Waals surface area contributed by atoms with Gasteiger partial charge in [0, 0.05) is 19.1 Å². The lowest BCUT2D eigenvalue weighted by Gasteiger charge is -2.43. The van der Waals surface area contributed by atoms with E-state index < -0.39 is 71.6 Å². The van der Waals surface area contributed by atoms with Gasteiger partial charge in [0.1, 0.15) is 0 Å². The summed E-state index contributed by atoms with van der Waals surface area (Å²) in [5.74, 6) is -0.298. The summed E-state index contributed by atoms with van der Waals surface area (Å²) in [4.78, 5) is 16.4. The molecule has 0 spiro atoms. The van der Waals surface area contributed by atoms with E-state index in [4.69, 9.17) is 10.5 Å². The number of alkyl halides is 9. The van der Waals surface area contributed by atoms with Crippen molar-refractivity contribution in [2.75, 3.05) is 16.3 Å². The number of halogens is 9. The van der Waals surface area contributed by atoms with Crippen LogP contribution >= 0.6 is 0 Å². The van der Waals surface area contributed by atoms with Gasteiger partial charge in [-0.25, -0.2) is 4.79 Å². The van der Waals surface area contributed by atoms with E-state index in [1.807, 2.05) is 0 Å². The number of ether oxygens (including phenoxy) is 1. The minimum absolute atomic E-state index is 0.00299. The summed E-state index contributed by atoms with van der Waals surface area (Å²) in [6.07, 6.45) is -16.7. The van der Waals surface area contributed by atoms with Crippen LogP contribution in [0.2, 0.25) is 0 Å². The summed E-state index contributed by atoms with van der Waals surface area (Å²) in [5, 5.41) is 11.9. The molecule has 1 aromatic heterocycles. The maximum absolute atomic E-state index is 13.9. The summed E-state index contributed by atoms with van der Waals surface area (Å²) < 4.78 is 129. The normalized spacial score (nSPS) is 17.4. The molecule has 45 heavy (non-hydrogen) atoms. The van der Waals surface area contributed by atoms with Gasteiger partial charge in [-0.2, -0.15) is 44.3 Å². The first-order valence-corrected chi connectivity index (χ1v) is 13.5. The van der Waals surface area contributed by atoms with Gasteiger partial charge in [0.25, 0.3) is 5.95 Å². The highest BCUT2D eigenvalue weighted by Crippen LogP contribution is 2.45. The predicted octanol–water partition coefficient (Wildman–Crippen LogP) is 6.58. The molecule has 9 nitrogen and oxygen atoms in total. The average Bonchev–Trinajstić information content (AvgIpc) is 3.37. The van der Waals surface area contributed by atoms with Crippen LogP contribution in [-0.2, 0) is 36.4 Å². The molecule has 2 heterocycles. The van der Waals surface area contributed by atoms with Gasteiger partial charge in [0.15, 0.2) is 0 Å². The number of nitrogens with zero attached hydrogens (tertiary/aromatic N) is 6. The zero-order chi connectivity index (χ0) is 33.5. The number of nitrogens with two attached hydrogens (primary N) is 1. The fourth-order valence-corrected chi connectivity index (χ4v) is 5.03. The van der Waals surface area contributed by atoms with Gasteiger partial charge < -0.3 is 15.4 Å². The number of hydrogen-bond donors (Lipinski definition) is 1. The SMILES string of the molecule is CC(C)OC(=O)N1c2ccc(C(F)(F)F)cc2[C@@H](N(Cc2cc(C(F)(F)F)cc(C(F)(F)F)c2)c2nnn(CCN)n2)CC1C. The van der Waals surface area contributed by atoms with E-state index >= 15 is 0 Å². The third-order valence-electron chi connectivity index (χ3n) is 6.92. The molecule has 4 rings (SSSR count). The minimum Gasteiger partial charge on any atom is -0.446 e. The Morgan fingerprint density at radius 1 is 0.978 bits per heavy atom. The molecule has 0 fully saturated rings. The number of anilines is 2. The Morgan fingerprint density at radius 2 is 1.58 bits per heavy atom. The molecule has 1 aliphatic rings. The van der Waals surface area contributed by atoms with Crippen LogP contribution in [0.5, 0.6) is 0 Å². The fraction of sp³-hybridized carbons (Fsp3) is 0.481. The molecular weight excluding hydrogens is 625 g/mol. The Bertz CT molecular complexity index is 1490. The van der Waals surface area contributed by atoms with Crippen molar-refractivity contribution in [1.82, 2.24) is 20.2 Å². The Labute approximate surface area is 250 Å². The third-order valence-corrected chi connectivity index (χ3v) is 6.92. The highest BCUT2D eigenvalue weighted by Gasteiger charge is 2.42.